The molecule has 3 N–H and O–H groups in total. The molecule has 15 heavy (non-hydrogen) atoms. The fraction of sp³-hybridized carbons (Fsp3) is 0. The number of thiazole rings is 1. The summed E-state index contributed by atoms with van der Waals surface area (Å²) in [5.41, 5.74) is 8.48. The average molecular weight is 219 g/mol. The van der Waals surface area contributed by atoms with Crippen molar-refractivity contribution in [3.05, 3.63) is 40.8 Å². The second-order valence-corrected chi connectivity index (χ2v) is 3.79. The predicted molar refractivity (Wildman–Crippen MR) is 60.9 cm³/mol. The number of nitrogen functional groups attached to an aromatic ring is 1. The van der Waals surface area contributed by atoms with Crippen LogP contribution < -0.4 is 11.1 Å². The molecule has 1 aromatic heterocycles. The molecule has 2 aromatic rings. The van der Waals surface area contributed by atoms with Gasteiger partial charge in [-0.3, -0.25) is 9.78 Å². The average Bonchev–Trinajstić information content (AvgIpc) is 2.74. The quantitative estimate of drug-likeness (QED) is 0.759. The maximum absolute atomic E-state index is 11.6. The molecule has 0 saturated heterocycles. The van der Waals surface area contributed by atoms with E-state index in [2.05, 4.69) is 10.3 Å². The normalized spacial score (nSPS) is 9.87. The van der Waals surface area contributed by atoms with Gasteiger partial charge in [-0.05, 0) is 12.1 Å². The summed E-state index contributed by atoms with van der Waals surface area (Å²) >= 11 is 1.29. The molecule has 0 bridgehead atoms. The minimum atomic E-state index is -0.185. The lowest BCUT2D eigenvalue weighted by molar-refractivity contribution is 0.103. The summed E-state index contributed by atoms with van der Waals surface area (Å²) in [7, 11) is 0. The zero-order chi connectivity index (χ0) is 10.7. The number of para-hydroxylation sites is 2. The first-order valence-electron chi connectivity index (χ1n) is 4.32. The van der Waals surface area contributed by atoms with Gasteiger partial charge in [-0.2, -0.15) is 0 Å². The molecular formula is C10H9N3OS. The number of nitrogens with two attached hydrogens (primary N) is 1. The van der Waals surface area contributed by atoms with Gasteiger partial charge in [-0.25, -0.2) is 0 Å². The SMILES string of the molecule is Nc1ccccc1NC(=O)c1cncs1. The molecule has 0 atom stereocenters. The topological polar surface area (TPSA) is 68.0 Å². The number of amides is 1. The minimum absolute atomic E-state index is 0.185. The van der Waals surface area contributed by atoms with Gasteiger partial charge in [0, 0.05) is 0 Å². The molecule has 5 heteroatoms. The molecule has 0 spiro atoms. The van der Waals surface area contributed by atoms with Crippen molar-refractivity contribution in [2.24, 2.45) is 0 Å². The Balaban J connectivity index is 2.17. The monoisotopic (exact) mass is 219 g/mol. The molecule has 0 aliphatic carbocycles. The first-order valence-corrected chi connectivity index (χ1v) is 5.19. The molecule has 0 fully saturated rings. The second-order valence-electron chi connectivity index (χ2n) is 2.91. The Kier molecular flexibility index (Phi) is 2.64. The van der Waals surface area contributed by atoms with Crippen molar-refractivity contribution in [3.8, 4) is 0 Å². The van der Waals surface area contributed by atoms with Gasteiger partial charge in [0.1, 0.15) is 4.88 Å². The third kappa shape index (κ3) is 2.13. The van der Waals surface area contributed by atoms with E-state index in [1.54, 1.807) is 17.6 Å². The van der Waals surface area contributed by atoms with E-state index in [9.17, 15) is 4.79 Å². The van der Waals surface area contributed by atoms with Crippen molar-refractivity contribution in [3.63, 3.8) is 0 Å². The van der Waals surface area contributed by atoms with Crippen molar-refractivity contribution in [2.45, 2.75) is 0 Å². The smallest absolute Gasteiger partial charge is 0.267 e. The lowest BCUT2D eigenvalue weighted by Gasteiger charge is -2.05. The van der Waals surface area contributed by atoms with Gasteiger partial charge < -0.3 is 11.1 Å². The third-order valence-electron chi connectivity index (χ3n) is 1.87. The van der Waals surface area contributed by atoms with Crippen LogP contribution in [0.15, 0.2) is 36.0 Å². The Bertz CT molecular complexity index is 467. The highest BCUT2D eigenvalue weighted by Gasteiger charge is 2.08. The van der Waals surface area contributed by atoms with Crippen molar-refractivity contribution >= 4 is 28.6 Å². The number of carbonyl (C=O) groups is 1. The van der Waals surface area contributed by atoms with Crippen LogP contribution in [0.5, 0.6) is 0 Å². The number of nitrogens with one attached hydrogen (secondary N) is 1. The summed E-state index contributed by atoms with van der Waals surface area (Å²) < 4.78 is 0. The van der Waals surface area contributed by atoms with Gasteiger partial charge >= 0.3 is 0 Å². The molecular weight excluding hydrogens is 210 g/mol. The van der Waals surface area contributed by atoms with E-state index in [0.717, 1.165) is 0 Å². The van der Waals surface area contributed by atoms with Crippen LogP contribution in [0.1, 0.15) is 9.67 Å². The molecule has 0 aliphatic rings. The molecule has 0 aliphatic heterocycles. The predicted octanol–water partition coefficient (Wildman–Crippen LogP) is 1.98. The summed E-state index contributed by atoms with van der Waals surface area (Å²) in [6, 6.07) is 7.13. The number of aromatic nitrogens is 1. The molecule has 76 valence electrons. The summed E-state index contributed by atoms with van der Waals surface area (Å²) in [5, 5.41) is 2.72. The number of rotatable bonds is 2. The van der Waals surface area contributed by atoms with Gasteiger partial charge in [0.25, 0.3) is 5.91 Å². The second kappa shape index (κ2) is 4.10. The Hall–Kier alpha value is -1.88. The highest BCUT2D eigenvalue weighted by molar-refractivity contribution is 7.11. The zero-order valence-electron chi connectivity index (χ0n) is 7.81. The number of hydrogen-bond acceptors (Lipinski definition) is 4. The first-order chi connectivity index (χ1) is 7.27. The summed E-state index contributed by atoms with van der Waals surface area (Å²) in [6.07, 6.45) is 1.53. The van der Waals surface area contributed by atoms with Crippen LogP contribution in [0.4, 0.5) is 11.4 Å². The molecule has 1 amide bonds. The van der Waals surface area contributed by atoms with Gasteiger partial charge in [-0.15, -0.1) is 11.3 Å². The largest absolute Gasteiger partial charge is 0.397 e. The van der Waals surface area contributed by atoms with Gasteiger partial charge in [-0.1, -0.05) is 12.1 Å². The van der Waals surface area contributed by atoms with Gasteiger partial charge in [0.15, 0.2) is 0 Å². The summed E-state index contributed by atoms with van der Waals surface area (Å²) in [4.78, 5) is 16.0. The van der Waals surface area contributed by atoms with Crippen LogP contribution >= 0.6 is 11.3 Å². The molecule has 2 rings (SSSR count). The number of carbonyl (C=O) groups excluding carboxylic acids is 1. The van der Waals surface area contributed by atoms with Gasteiger partial charge in [0.05, 0.1) is 23.1 Å². The molecule has 1 heterocycles. The van der Waals surface area contributed by atoms with Crippen molar-refractivity contribution in [1.82, 2.24) is 4.98 Å². The number of benzene rings is 1. The maximum atomic E-state index is 11.6. The summed E-state index contributed by atoms with van der Waals surface area (Å²) in [5.74, 6) is -0.185. The van der Waals surface area contributed by atoms with E-state index in [1.165, 1.54) is 17.5 Å². The van der Waals surface area contributed by atoms with Crippen molar-refractivity contribution < 1.29 is 4.79 Å². The van der Waals surface area contributed by atoms with E-state index in [4.69, 9.17) is 5.73 Å². The fourth-order valence-corrected chi connectivity index (χ4v) is 1.64. The van der Waals surface area contributed by atoms with Crippen LogP contribution in [0, 0.1) is 0 Å². The lowest BCUT2D eigenvalue weighted by atomic mass is 10.2. The molecule has 0 saturated carbocycles. The van der Waals surface area contributed by atoms with Crippen molar-refractivity contribution in [2.75, 3.05) is 11.1 Å². The number of hydrogen-bond donors (Lipinski definition) is 2. The zero-order valence-corrected chi connectivity index (χ0v) is 8.62. The van der Waals surface area contributed by atoms with Crippen LogP contribution in [0.3, 0.4) is 0 Å². The standard InChI is InChI=1S/C10H9N3OS/c11-7-3-1-2-4-8(7)13-10(14)9-5-12-6-15-9/h1-6H,11H2,(H,13,14). The number of nitrogens with zero attached hydrogens (tertiary/aromatic N) is 1. The number of anilines is 2. The van der Waals surface area contributed by atoms with Gasteiger partial charge in [0.2, 0.25) is 0 Å². The van der Waals surface area contributed by atoms with Crippen LogP contribution in [-0.4, -0.2) is 10.9 Å². The van der Waals surface area contributed by atoms with Crippen LogP contribution in [0.2, 0.25) is 0 Å². The highest BCUT2D eigenvalue weighted by Crippen LogP contribution is 2.18. The Morgan fingerprint density at radius 3 is 2.87 bits per heavy atom. The van der Waals surface area contributed by atoms with Crippen LogP contribution in [0.25, 0.3) is 0 Å². The van der Waals surface area contributed by atoms with E-state index < -0.39 is 0 Å². The minimum Gasteiger partial charge on any atom is -0.397 e. The molecule has 1 aromatic carbocycles. The van der Waals surface area contributed by atoms with E-state index in [-0.39, 0.29) is 5.91 Å². The highest BCUT2D eigenvalue weighted by atomic mass is 32.1. The maximum Gasteiger partial charge on any atom is 0.267 e. The van der Waals surface area contributed by atoms with Crippen molar-refractivity contribution in [1.29, 1.82) is 0 Å². The lowest BCUT2D eigenvalue weighted by Crippen LogP contribution is -2.11. The molecule has 0 radical (unpaired) electrons. The Labute approximate surface area is 90.8 Å². The van der Waals surface area contributed by atoms with E-state index in [0.29, 0.717) is 16.3 Å². The fourth-order valence-electron chi connectivity index (χ4n) is 1.12. The Morgan fingerprint density at radius 2 is 2.20 bits per heavy atom. The van der Waals surface area contributed by atoms with E-state index in [1.807, 2.05) is 12.1 Å². The first kappa shape index (κ1) is 9.67. The van der Waals surface area contributed by atoms with Crippen LogP contribution in [-0.2, 0) is 0 Å². The molecule has 4 nitrogen and oxygen atoms in total. The molecule has 0 unspecified atom stereocenters. The third-order valence-corrected chi connectivity index (χ3v) is 2.64. The Morgan fingerprint density at radius 1 is 1.40 bits per heavy atom. The van der Waals surface area contributed by atoms with E-state index >= 15 is 0 Å². The summed E-state index contributed by atoms with van der Waals surface area (Å²) in [6.45, 7) is 0.